The number of aromatic nitrogens is 1. The molecule has 1 spiro atoms. The van der Waals surface area contributed by atoms with E-state index in [-0.39, 0.29) is 42.9 Å². The Kier molecular flexibility index (Phi) is 5.81. The Morgan fingerprint density at radius 3 is 2.50 bits per heavy atom. The molecule has 4 aliphatic carbocycles. The summed E-state index contributed by atoms with van der Waals surface area (Å²) in [5, 5.41) is 6.58. The van der Waals surface area contributed by atoms with Crippen molar-refractivity contribution in [2.24, 2.45) is 17.3 Å². The van der Waals surface area contributed by atoms with Gasteiger partial charge in [0.15, 0.2) is 0 Å². The molecule has 10 heteroatoms. The summed E-state index contributed by atoms with van der Waals surface area (Å²) < 4.78 is 41.2. The van der Waals surface area contributed by atoms with Gasteiger partial charge in [0, 0.05) is 42.4 Å². The van der Waals surface area contributed by atoms with E-state index in [9.17, 15) is 27.6 Å². The SMILES string of the molecule is O=C(N[C@@H](CC(=O)N1CCCC1C1CC1)C(=O)NC1(c2cc3cccc(F)c3[nH]2)CC1)C1CC2(C1)CC(F)(F)C2. The van der Waals surface area contributed by atoms with E-state index >= 15 is 0 Å². The number of para-hydroxylation sites is 1. The summed E-state index contributed by atoms with van der Waals surface area (Å²) in [6.45, 7) is 0.659. The number of rotatable bonds is 8. The van der Waals surface area contributed by atoms with E-state index in [2.05, 4.69) is 15.6 Å². The lowest BCUT2D eigenvalue weighted by Crippen LogP contribution is -2.59. The maximum absolute atomic E-state index is 14.3. The van der Waals surface area contributed by atoms with Crippen LogP contribution < -0.4 is 10.6 Å². The van der Waals surface area contributed by atoms with Crippen LogP contribution in [0.4, 0.5) is 13.2 Å². The van der Waals surface area contributed by atoms with Crippen LogP contribution in [0.5, 0.6) is 0 Å². The highest BCUT2D eigenvalue weighted by Gasteiger charge is 2.63. The molecule has 1 aromatic heterocycles. The molecule has 2 atom stereocenters. The predicted octanol–water partition coefficient (Wildman–Crippen LogP) is 4.51. The Morgan fingerprint density at radius 2 is 1.85 bits per heavy atom. The van der Waals surface area contributed by atoms with Gasteiger partial charge in [-0.25, -0.2) is 13.2 Å². The van der Waals surface area contributed by atoms with E-state index in [1.807, 2.05) is 11.0 Å². The van der Waals surface area contributed by atoms with E-state index < -0.39 is 34.7 Å². The second kappa shape index (κ2) is 8.98. The van der Waals surface area contributed by atoms with Crippen molar-refractivity contribution in [3.8, 4) is 0 Å². The average molecular weight is 557 g/mol. The summed E-state index contributed by atoms with van der Waals surface area (Å²) in [4.78, 5) is 45.3. The summed E-state index contributed by atoms with van der Waals surface area (Å²) in [6, 6.07) is 5.77. The van der Waals surface area contributed by atoms with Gasteiger partial charge in [0.2, 0.25) is 23.6 Å². The van der Waals surface area contributed by atoms with Gasteiger partial charge in [-0.05, 0) is 74.8 Å². The predicted molar refractivity (Wildman–Crippen MR) is 141 cm³/mol. The number of H-pyrrole nitrogens is 1. The van der Waals surface area contributed by atoms with E-state index in [0.29, 0.717) is 54.7 Å². The van der Waals surface area contributed by atoms with Gasteiger partial charge in [0.05, 0.1) is 17.5 Å². The first-order valence-corrected chi connectivity index (χ1v) is 14.6. The maximum atomic E-state index is 14.3. The third-order valence-electron chi connectivity index (χ3n) is 10.0. The molecule has 1 aromatic carbocycles. The molecule has 214 valence electrons. The largest absolute Gasteiger partial charge is 0.354 e. The van der Waals surface area contributed by atoms with Crippen LogP contribution in [0.3, 0.4) is 0 Å². The number of amides is 3. The van der Waals surface area contributed by atoms with Crippen LogP contribution in [0.25, 0.3) is 10.9 Å². The minimum atomic E-state index is -2.64. The third kappa shape index (κ3) is 4.57. The molecule has 5 aliphatic rings. The van der Waals surface area contributed by atoms with Gasteiger partial charge in [0.1, 0.15) is 11.9 Å². The summed E-state index contributed by atoms with van der Waals surface area (Å²) in [7, 11) is 0. The zero-order valence-electron chi connectivity index (χ0n) is 22.4. The molecular weight excluding hydrogens is 521 g/mol. The van der Waals surface area contributed by atoms with Crippen molar-refractivity contribution in [2.45, 2.75) is 94.2 Å². The number of alkyl halides is 2. The van der Waals surface area contributed by atoms with Crippen molar-refractivity contribution in [1.82, 2.24) is 20.5 Å². The Labute approximate surface area is 230 Å². The Morgan fingerprint density at radius 1 is 1.10 bits per heavy atom. The fourth-order valence-electron chi connectivity index (χ4n) is 7.66. The third-order valence-corrected chi connectivity index (χ3v) is 10.0. The number of carbonyl (C=O) groups is 3. The summed E-state index contributed by atoms with van der Waals surface area (Å²) in [5.74, 6) is -3.88. The Balaban J connectivity index is 1.07. The number of nitrogens with one attached hydrogen (secondary N) is 3. The van der Waals surface area contributed by atoms with E-state index in [4.69, 9.17) is 0 Å². The second-order valence-electron chi connectivity index (χ2n) is 13.2. The number of nitrogens with zero attached hydrogens (tertiary/aromatic N) is 1. The number of halogens is 3. The van der Waals surface area contributed by atoms with Crippen LogP contribution in [-0.4, -0.2) is 52.2 Å². The lowest BCUT2D eigenvalue weighted by atomic mass is 9.50. The molecule has 2 aromatic rings. The van der Waals surface area contributed by atoms with Crippen LogP contribution in [0.1, 0.15) is 76.3 Å². The fourth-order valence-corrected chi connectivity index (χ4v) is 7.66. The minimum absolute atomic E-state index is 0.143. The van der Waals surface area contributed by atoms with E-state index in [0.717, 1.165) is 25.7 Å². The van der Waals surface area contributed by atoms with Gasteiger partial charge in [-0.15, -0.1) is 0 Å². The topological polar surface area (TPSA) is 94.3 Å². The molecular formula is C30H35F3N4O3. The highest BCUT2D eigenvalue weighted by Crippen LogP contribution is 2.64. The van der Waals surface area contributed by atoms with Crippen molar-refractivity contribution >= 4 is 28.6 Å². The van der Waals surface area contributed by atoms with E-state index in [1.165, 1.54) is 6.07 Å². The molecule has 40 heavy (non-hydrogen) atoms. The smallest absolute Gasteiger partial charge is 0.249 e. The monoisotopic (exact) mass is 556 g/mol. The first kappa shape index (κ1) is 25.9. The lowest BCUT2D eigenvalue weighted by molar-refractivity contribution is -0.207. The van der Waals surface area contributed by atoms with Crippen molar-refractivity contribution < 1.29 is 27.6 Å². The van der Waals surface area contributed by atoms with Gasteiger partial charge in [-0.1, -0.05) is 12.1 Å². The number of fused-ring (bicyclic) bond motifs is 1. The molecule has 1 unspecified atom stereocenters. The fraction of sp³-hybridized carbons (Fsp3) is 0.633. The summed E-state index contributed by atoms with van der Waals surface area (Å²) >= 11 is 0. The highest BCUT2D eigenvalue weighted by atomic mass is 19.3. The number of aromatic amines is 1. The number of carbonyl (C=O) groups excluding carboxylic acids is 3. The Hall–Kier alpha value is -3.04. The zero-order chi connectivity index (χ0) is 27.9. The van der Waals surface area contributed by atoms with Crippen LogP contribution in [0.15, 0.2) is 24.3 Å². The minimum Gasteiger partial charge on any atom is -0.354 e. The number of hydrogen-bond acceptors (Lipinski definition) is 3. The van der Waals surface area contributed by atoms with Crippen LogP contribution >= 0.6 is 0 Å². The normalized spacial score (nSPS) is 26.7. The standard InChI is InChI=1S/C30H35F3N4O3/c31-20-4-1-3-18-11-23(35-25(18)20)29(8-9-29)36-27(40)21(12-24(38)37-10-2-5-22(37)17-6-7-17)34-26(39)19-13-28(14-19)15-30(32,33)16-28/h1,3-4,11,17,19,21-22,35H,2,5-10,12-16H2,(H,34,39)(H,36,40)/t21-,22?/m0/s1. The maximum Gasteiger partial charge on any atom is 0.249 e. The molecule has 7 rings (SSSR count). The van der Waals surface area contributed by atoms with Crippen molar-refractivity contribution in [3.05, 3.63) is 35.8 Å². The quantitative estimate of drug-likeness (QED) is 0.447. The molecule has 0 bridgehead atoms. The first-order chi connectivity index (χ1) is 19.1. The van der Waals surface area contributed by atoms with Gasteiger partial charge < -0.3 is 20.5 Å². The highest BCUT2D eigenvalue weighted by molar-refractivity contribution is 5.93. The molecule has 7 nitrogen and oxygen atoms in total. The van der Waals surface area contributed by atoms with Crippen molar-refractivity contribution in [3.63, 3.8) is 0 Å². The second-order valence-corrected chi connectivity index (χ2v) is 13.2. The van der Waals surface area contributed by atoms with E-state index in [1.54, 1.807) is 12.1 Å². The molecule has 1 saturated heterocycles. The zero-order valence-corrected chi connectivity index (χ0v) is 22.4. The molecule has 4 saturated carbocycles. The van der Waals surface area contributed by atoms with Crippen LogP contribution in [0, 0.1) is 23.1 Å². The van der Waals surface area contributed by atoms with Crippen molar-refractivity contribution in [1.29, 1.82) is 0 Å². The number of likely N-dealkylation sites (tertiary alicyclic amines) is 1. The number of benzene rings is 1. The van der Waals surface area contributed by atoms with Gasteiger partial charge in [0.25, 0.3) is 0 Å². The first-order valence-electron chi connectivity index (χ1n) is 14.6. The molecule has 3 N–H and O–H groups in total. The van der Waals surface area contributed by atoms with Crippen molar-refractivity contribution in [2.75, 3.05) is 6.54 Å². The Bertz CT molecular complexity index is 1370. The van der Waals surface area contributed by atoms with Crippen LogP contribution in [-0.2, 0) is 19.9 Å². The number of hydrogen-bond donors (Lipinski definition) is 3. The van der Waals surface area contributed by atoms with Gasteiger partial charge in [-0.3, -0.25) is 14.4 Å². The molecule has 5 fully saturated rings. The van der Waals surface area contributed by atoms with Gasteiger partial charge in [-0.2, -0.15) is 0 Å². The summed E-state index contributed by atoms with van der Waals surface area (Å²) in [5.41, 5.74) is -0.109. The molecule has 0 radical (unpaired) electrons. The van der Waals surface area contributed by atoms with Gasteiger partial charge >= 0.3 is 0 Å². The van der Waals surface area contributed by atoms with Crippen LogP contribution in [0.2, 0.25) is 0 Å². The molecule has 1 aliphatic heterocycles. The summed E-state index contributed by atoms with van der Waals surface area (Å²) in [6.07, 6.45) is 5.70. The molecule has 2 heterocycles. The molecule has 3 amide bonds. The average Bonchev–Trinajstić information content (AvgIpc) is 3.76. The lowest BCUT2D eigenvalue weighted by Gasteiger charge is -2.56.